The summed E-state index contributed by atoms with van der Waals surface area (Å²) in [5.41, 5.74) is 3.78. The molecule has 1 fully saturated rings. The number of aromatic nitrogens is 2. The van der Waals surface area contributed by atoms with E-state index in [1.807, 2.05) is 26.0 Å². The van der Waals surface area contributed by atoms with Gasteiger partial charge in [0.1, 0.15) is 29.7 Å². The zero-order valence-corrected chi connectivity index (χ0v) is 31.0. The maximum atomic E-state index is 15.6. The summed E-state index contributed by atoms with van der Waals surface area (Å²) in [7, 11) is 3.66. The first kappa shape index (κ1) is 36.8. The first-order chi connectivity index (χ1) is 24.2. The van der Waals surface area contributed by atoms with Crippen molar-refractivity contribution in [2.24, 2.45) is 0 Å². The van der Waals surface area contributed by atoms with Crippen LogP contribution in [0.3, 0.4) is 0 Å². The van der Waals surface area contributed by atoms with Gasteiger partial charge in [-0.05, 0) is 66.2 Å². The van der Waals surface area contributed by atoms with Crippen molar-refractivity contribution in [1.82, 2.24) is 15.3 Å². The lowest BCUT2D eigenvalue weighted by Crippen LogP contribution is -2.45. The minimum Gasteiger partial charge on any atom is -0.495 e. The molecule has 1 unspecified atom stereocenters. The molecule has 0 radical (unpaired) electrons. The van der Waals surface area contributed by atoms with Crippen molar-refractivity contribution in [3.8, 4) is 17.0 Å². The van der Waals surface area contributed by atoms with Crippen molar-refractivity contribution in [3.05, 3.63) is 134 Å². The molecule has 6 rings (SSSR count). The number of nitrogens with zero attached hydrogens (tertiary/aromatic N) is 2. The number of rotatable bonds is 11. The van der Waals surface area contributed by atoms with Crippen molar-refractivity contribution < 1.29 is 27.2 Å². The molecule has 0 saturated carbocycles. The second-order valence-corrected chi connectivity index (χ2v) is 15.5. The molecule has 51 heavy (non-hydrogen) atoms. The number of imidazole rings is 1. The van der Waals surface area contributed by atoms with Crippen molar-refractivity contribution in [1.29, 1.82) is 0 Å². The second-order valence-electron chi connectivity index (χ2n) is 13.7. The Balaban J connectivity index is 1.18. The number of methoxy groups -OCH3 is 1. The lowest BCUT2D eigenvalue weighted by Gasteiger charge is -2.30. The molecule has 1 aliphatic heterocycles. The standard InChI is InChI=1S/C39H37Cl2F3N4O2S/c1-39(2,26-9-14-31(40)34(19-26)50-4)36-35(24-7-12-28(43)13-8-24)46-38(47-36)51-22-30-32(41)17-25(18-33(30)44)37(49)45-29-15-16-48(3,21-29)20-23-5-10-27(42)11-6-23/h5-14,17-19,29H,15-16,20-22H2,1-4H3,(H-,45,46,47,49)/p+1/t29-,48?/m0/s1. The molecule has 0 bridgehead atoms. The third-order valence-corrected chi connectivity index (χ3v) is 11.1. The van der Waals surface area contributed by atoms with Crippen LogP contribution in [0.15, 0.2) is 84.0 Å². The van der Waals surface area contributed by atoms with Gasteiger partial charge < -0.3 is 19.5 Å². The third-order valence-electron chi connectivity index (χ3n) is 9.55. The Morgan fingerprint density at radius 3 is 2.35 bits per heavy atom. The van der Waals surface area contributed by atoms with Crippen LogP contribution in [0.2, 0.25) is 10.0 Å². The molecule has 4 aromatic carbocycles. The summed E-state index contributed by atoms with van der Waals surface area (Å²) in [4.78, 5) is 21.5. The number of hydrogen-bond acceptors (Lipinski definition) is 4. The predicted octanol–water partition coefficient (Wildman–Crippen LogP) is 9.58. The average Bonchev–Trinajstić information content (AvgIpc) is 3.69. The minimum absolute atomic E-state index is 0.0957. The quantitative estimate of drug-likeness (QED) is 0.104. The highest BCUT2D eigenvalue weighted by molar-refractivity contribution is 7.98. The van der Waals surface area contributed by atoms with Crippen molar-refractivity contribution in [2.45, 2.75) is 49.2 Å². The van der Waals surface area contributed by atoms with E-state index in [-0.39, 0.29) is 39.6 Å². The van der Waals surface area contributed by atoms with E-state index in [1.54, 1.807) is 37.4 Å². The minimum atomic E-state index is -0.623. The number of benzene rings is 4. The molecule has 6 nitrogen and oxygen atoms in total. The number of likely N-dealkylation sites (tertiary alicyclic amines) is 1. The molecule has 5 aromatic rings. The van der Waals surface area contributed by atoms with E-state index in [1.165, 1.54) is 48.2 Å². The molecular weight excluding hydrogens is 716 g/mol. The molecule has 1 saturated heterocycles. The van der Waals surface area contributed by atoms with E-state index in [0.29, 0.717) is 38.2 Å². The monoisotopic (exact) mass is 753 g/mol. The SMILES string of the molecule is COc1cc(C(C)(C)c2[nH]c(SCc3c(F)cc(C(=O)N[C@H]4CC[N+](C)(Cc5ccc(F)cc5)C4)cc3Cl)nc2-c2ccc(F)cc2)ccc1Cl. The first-order valence-electron chi connectivity index (χ1n) is 16.4. The number of H-pyrrole nitrogens is 1. The van der Waals surface area contributed by atoms with Crippen LogP contribution in [0.25, 0.3) is 11.3 Å². The molecule has 0 aliphatic carbocycles. The van der Waals surface area contributed by atoms with Gasteiger partial charge in [0.2, 0.25) is 0 Å². The molecule has 12 heteroatoms. The Kier molecular flexibility index (Phi) is 10.8. The lowest BCUT2D eigenvalue weighted by molar-refractivity contribution is -0.911. The number of thioether (sulfide) groups is 1. The molecule has 2 N–H and O–H groups in total. The second kappa shape index (κ2) is 14.9. The van der Waals surface area contributed by atoms with Crippen LogP contribution in [-0.4, -0.2) is 53.6 Å². The van der Waals surface area contributed by atoms with Gasteiger partial charge in [0.25, 0.3) is 5.91 Å². The summed E-state index contributed by atoms with van der Waals surface area (Å²) in [6, 6.07) is 20.7. The average molecular weight is 755 g/mol. The Hall–Kier alpha value is -3.96. The van der Waals surface area contributed by atoms with Gasteiger partial charge >= 0.3 is 0 Å². The number of nitrogens with one attached hydrogen (secondary N) is 2. The van der Waals surface area contributed by atoms with E-state index < -0.39 is 17.1 Å². The maximum Gasteiger partial charge on any atom is 0.251 e. The summed E-state index contributed by atoms with van der Waals surface area (Å²) < 4.78 is 49.0. The van der Waals surface area contributed by atoms with Crippen LogP contribution >= 0.6 is 35.0 Å². The number of halogens is 5. The normalized spacial score (nSPS) is 17.5. The van der Waals surface area contributed by atoms with E-state index in [9.17, 15) is 13.6 Å². The smallest absolute Gasteiger partial charge is 0.251 e. The molecular formula is C39H38Cl2F3N4O2S+. The zero-order valence-electron chi connectivity index (χ0n) is 28.6. The number of aromatic amines is 1. The van der Waals surface area contributed by atoms with Crippen LogP contribution < -0.4 is 10.1 Å². The number of ether oxygens (including phenoxy) is 1. The number of likely N-dealkylation sites (N-methyl/N-ethyl adjacent to an activating group) is 1. The van der Waals surface area contributed by atoms with Crippen molar-refractivity contribution in [3.63, 3.8) is 0 Å². The molecule has 0 spiro atoms. The Bertz CT molecular complexity index is 2030. The largest absolute Gasteiger partial charge is 0.495 e. The fourth-order valence-electron chi connectivity index (χ4n) is 6.64. The fraction of sp³-hybridized carbons (Fsp3) is 0.282. The summed E-state index contributed by atoms with van der Waals surface area (Å²) >= 11 is 14.2. The summed E-state index contributed by atoms with van der Waals surface area (Å²) in [5.74, 6) is -0.953. The highest BCUT2D eigenvalue weighted by Crippen LogP contribution is 2.41. The van der Waals surface area contributed by atoms with Crippen LogP contribution in [0, 0.1) is 17.5 Å². The zero-order chi connectivity index (χ0) is 36.5. The molecule has 266 valence electrons. The van der Waals surface area contributed by atoms with Gasteiger partial charge in [-0.2, -0.15) is 0 Å². The topological polar surface area (TPSA) is 67.0 Å². The lowest BCUT2D eigenvalue weighted by atomic mass is 9.79. The summed E-state index contributed by atoms with van der Waals surface area (Å²) in [5, 5.41) is 4.18. The number of quaternary nitrogens is 1. The molecule has 2 atom stereocenters. The van der Waals surface area contributed by atoms with Gasteiger partial charge in [0.05, 0.1) is 49.7 Å². The number of hydrogen-bond donors (Lipinski definition) is 2. The molecule has 2 heterocycles. The van der Waals surface area contributed by atoms with Gasteiger partial charge in [0, 0.05) is 44.9 Å². The van der Waals surface area contributed by atoms with E-state index in [0.717, 1.165) is 36.3 Å². The van der Waals surface area contributed by atoms with Gasteiger partial charge in [-0.3, -0.25) is 4.79 Å². The van der Waals surface area contributed by atoms with Gasteiger partial charge in [-0.25, -0.2) is 18.2 Å². The fourth-order valence-corrected chi connectivity index (χ4v) is 8.09. The number of amides is 1. The first-order valence-corrected chi connectivity index (χ1v) is 18.2. The number of carbonyl (C=O) groups excluding carboxylic acids is 1. The maximum absolute atomic E-state index is 15.6. The molecule has 1 aliphatic rings. The van der Waals surface area contributed by atoms with Crippen LogP contribution in [0.1, 0.15) is 53.0 Å². The van der Waals surface area contributed by atoms with E-state index >= 15 is 4.39 Å². The van der Waals surface area contributed by atoms with E-state index in [2.05, 4.69) is 17.3 Å². The van der Waals surface area contributed by atoms with Crippen LogP contribution in [0.5, 0.6) is 5.75 Å². The summed E-state index contributed by atoms with van der Waals surface area (Å²) in [6.45, 7) is 6.32. The van der Waals surface area contributed by atoms with E-state index in [4.69, 9.17) is 32.9 Å². The third kappa shape index (κ3) is 8.25. The summed E-state index contributed by atoms with van der Waals surface area (Å²) in [6.07, 6.45) is 0.766. The van der Waals surface area contributed by atoms with Gasteiger partial charge in [0.15, 0.2) is 5.16 Å². The highest BCUT2D eigenvalue weighted by Gasteiger charge is 2.36. The molecule has 1 aromatic heterocycles. The van der Waals surface area contributed by atoms with Gasteiger partial charge in [-0.15, -0.1) is 0 Å². The van der Waals surface area contributed by atoms with Crippen LogP contribution in [0.4, 0.5) is 13.2 Å². The van der Waals surface area contributed by atoms with Crippen LogP contribution in [-0.2, 0) is 17.7 Å². The Labute approximate surface area is 309 Å². The number of carbonyl (C=O) groups is 1. The van der Waals surface area contributed by atoms with Crippen molar-refractivity contribution in [2.75, 3.05) is 27.2 Å². The molecule has 1 amide bonds. The van der Waals surface area contributed by atoms with Crippen molar-refractivity contribution >= 4 is 40.9 Å². The van der Waals surface area contributed by atoms with Gasteiger partial charge in [-0.1, -0.05) is 67.0 Å². The Morgan fingerprint density at radius 1 is 1.00 bits per heavy atom. The highest BCUT2D eigenvalue weighted by atomic mass is 35.5. The Morgan fingerprint density at radius 2 is 1.69 bits per heavy atom. The predicted molar refractivity (Wildman–Crippen MR) is 197 cm³/mol.